The Morgan fingerprint density at radius 2 is 1.93 bits per heavy atom. The molecule has 29 heavy (non-hydrogen) atoms. The molecule has 0 atom stereocenters. The maximum Gasteiger partial charge on any atom is 0.243 e. The first-order chi connectivity index (χ1) is 14.1. The van der Waals surface area contributed by atoms with Gasteiger partial charge in [-0.2, -0.15) is 0 Å². The van der Waals surface area contributed by atoms with Crippen LogP contribution in [0.2, 0.25) is 0 Å². The summed E-state index contributed by atoms with van der Waals surface area (Å²) in [5.74, 6) is -0.482. The van der Waals surface area contributed by atoms with Crippen LogP contribution in [0.25, 0.3) is 21.3 Å². The lowest BCUT2D eigenvalue weighted by atomic mass is 10.1. The predicted octanol–water partition coefficient (Wildman–Crippen LogP) is 5.08. The normalized spacial score (nSPS) is 11.9. The molecule has 5 rings (SSSR count). The number of aromatic nitrogens is 1. The fourth-order valence-corrected chi connectivity index (χ4v) is 4.71. The molecule has 4 aromatic rings. The maximum absolute atomic E-state index is 13.9. The number of fused-ring (bicyclic) bond motifs is 4. The first-order valence-electron chi connectivity index (χ1n) is 9.36. The molecule has 1 aliphatic carbocycles. The van der Waals surface area contributed by atoms with Gasteiger partial charge >= 0.3 is 0 Å². The summed E-state index contributed by atoms with van der Waals surface area (Å²) in [5, 5.41) is 3.58. The number of likely N-dealkylation sites (N-methyl/N-ethyl adjacent to an activating group) is 1. The highest BCUT2D eigenvalue weighted by Crippen LogP contribution is 2.37. The number of hydrogen-bond donors (Lipinski definition) is 1. The van der Waals surface area contributed by atoms with Gasteiger partial charge in [-0.15, -0.1) is 0 Å². The van der Waals surface area contributed by atoms with Gasteiger partial charge in [-0.05, 0) is 52.9 Å². The average molecular weight is 403 g/mol. The van der Waals surface area contributed by atoms with Crippen LogP contribution in [0.4, 0.5) is 15.2 Å². The fourth-order valence-electron chi connectivity index (χ4n) is 3.77. The predicted molar refractivity (Wildman–Crippen MR) is 116 cm³/mol. The number of para-hydroxylation sites is 1. The number of nitrogens with one attached hydrogen (secondary N) is 1. The largest absolute Gasteiger partial charge is 0.342 e. The van der Waals surface area contributed by atoms with Crippen LogP contribution in [0.5, 0.6) is 0 Å². The van der Waals surface area contributed by atoms with Crippen molar-refractivity contribution < 1.29 is 9.18 Å². The molecule has 1 heterocycles. The molecule has 3 aromatic carbocycles. The molecule has 0 unspecified atom stereocenters. The van der Waals surface area contributed by atoms with Gasteiger partial charge < -0.3 is 10.2 Å². The Balaban J connectivity index is 1.29. The molecule has 144 valence electrons. The third-order valence-electron chi connectivity index (χ3n) is 5.14. The molecule has 4 nitrogen and oxygen atoms in total. The standard InChI is InChI=1S/C23H18FN3OS/c1-27(23-26-22-19(24)7-4-8-20(22)29-23)13-21(28)25-16-9-10-18-15(12-16)11-14-5-2-3-6-17(14)18/h2-10,12H,11,13H2,1H3,(H,25,28). The summed E-state index contributed by atoms with van der Waals surface area (Å²) in [5.41, 5.74) is 6.16. The molecule has 0 aliphatic heterocycles. The molecule has 0 radical (unpaired) electrons. The second-order valence-electron chi connectivity index (χ2n) is 7.19. The molecular weight excluding hydrogens is 385 g/mol. The lowest BCUT2D eigenvalue weighted by Gasteiger charge is -2.15. The first kappa shape index (κ1) is 17.8. The second kappa shape index (κ2) is 6.97. The van der Waals surface area contributed by atoms with E-state index in [9.17, 15) is 9.18 Å². The molecule has 1 aromatic heterocycles. The summed E-state index contributed by atoms with van der Waals surface area (Å²) in [6, 6.07) is 19.3. The molecule has 0 fully saturated rings. The van der Waals surface area contributed by atoms with Crippen molar-refractivity contribution in [2.45, 2.75) is 6.42 Å². The van der Waals surface area contributed by atoms with E-state index < -0.39 is 0 Å². The molecule has 1 amide bonds. The van der Waals surface area contributed by atoms with Crippen molar-refractivity contribution in [1.82, 2.24) is 4.98 Å². The van der Waals surface area contributed by atoms with Crippen LogP contribution < -0.4 is 10.2 Å². The smallest absolute Gasteiger partial charge is 0.243 e. The summed E-state index contributed by atoms with van der Waals surface area (Å²) in [6.07, 6.45) is 0.881. The monoisotopic (exact) mass is 403 g/mol. The van der Waals surface area contributed by atoms with Crippen molar-refractivity contribution in [2.24, 2.45) is 0 Å². The van der Waals surface area contributed by atoms with Crippen molar-refractivity contribution in [3.63, 3.8) is 0 Å². The van der Waals surface area contributed by atoms with Gasteiger partial charge in [0.1, 0.15) is 11.3 Å². The third kappa shape index (κ3) is 3.25. The molecule has 1 N–H and O–H groups in total. The minimum absolute atomic E-state index is 0.136. The zero-order valence-corrected chi connectivity index (χ0v) is 16.6. The first-order valence-corrected chi connectivity index (χ1v) is 10.2. The van der Waals surface area contributed by atoms with Crippen LogP contribution in [0, 0.1) is 5.82 Å². The number of amides is 1. The third-order valence-corrected chi connectivity index (χ3v) is 6.28. The van der Waals surface area contributed by atoms with Gasteiger partial charge in [0.05, 0.1) is 11.2 Å². The van der Waals surface area contributed by atoms with Crippen LogP contribution in [0.1, 0.15) is 11.1 Å². The van der Waals surface area contributed by atoms with Gasteiger partial charge in [0.25, 0.3) is 0 Å². The fraction of sp³-hybridized carbons (Fsp3) is 0.130. The van der Waals surface area contributed by atoms with Crippen LogP contribution in [-0.4, -0.2) is 24.5 Å². The van der Waals surface area contributed by atoms with E-state index in [2.05, 4.69) is 34.6 Å². The van der Waals surface area contributed by atoms with E-state index in [0.29, 0.717) is 10.6 Å². The number of rotatable bonds is 4. The number of carbonyl (C=O) groups excluding carboxylic acids is 1. The SMILES string of the molecule is CN(CC(=O)Nc1ccc2c(c1)Cc1ccccc1-2)c1nc2c(F)cccc2s1. The van der Waals surface area contributed by atoms with Crippen molar-refractivity contribution in [3.05, 3.63) is 77.6 Å². The van der Waals surface area contributed by atoms with E-state index in [0.717, 1.165) is 16.8 Å². The number of nitrogens with zero attached hydrogens (tertiary/aromatic N) is 2. The highest BCUT2D eigenvalue weighted by Gasteiger charge is 2.19. The molecular formula is C23H18FN3OS. The van der Waals surface area contributed by atoms with Crippen LogP contribution in [0.3, 0.4) is 0 Å². The van der Waals surface area contributed by atoms with E-state index in [1.54, 1.807) is 18.0 Å². The van der Waals surface area contributed by atoms with E-state index >= 15 is 0 Å². The minimum atomic E-state index is -0.345. The number of hydrogen-bond acceptors (Lipinski definition) is 4. The number of anilines is 2. The van der Waals surface area contributed by atoms with Crippen LogP contribution in [-0.2, 0) is 11.2 Å². The van der Waals surface area contributed by atoms with Gasteiger partial charge in [0.2, 0.25) is 5.91 Å². The second-order valence-corrected chi connectivity index (χ2v) is 8.20. The average Bonchev–Trinajstić information content (AvgIpc) is 3.30. The van der Waals surface area contributed by atoms with Gasteiger partial charge in [-0.25, -0.2) is 9.37 Å². The Bertz CT molecular complexity index is 1250. The van der Waals surface area contributed by atoms with Crippen LogP contribution >= 0.6 is 11.3 Å². The summed E-state index contributed by atoms with van der Waals surface area (Å²) >= 11 is 1.37. The van der Waals surface area contributed by atoms with Gasteiger partial charge in [-0.3, -0.25) is 4.79 Å². The van der Waals surface area contributed by atoms with Crippen LogP contribution in [0.15, 0.2) is 60.7 Å². The zero-order chi connectivity index (χ0) is 20.0. The van der Waals surface area contributed by atoms with Crippen molar-refractivity contribution in [3.8, 4) is 11.1 Å². The van der Waals surface area contributed by atoms with Gasteiger partial charge in [0, 0.05) is 12.7 Å². The quantitative estimate of drug-likeness (QED) is 0.455. The van der Waals surface area contributed by atoms with E-state index in [1.165, 1.54) is 39.7 Å². The lowest BCUT2D eigenvalue weighted by Crippen LogP contribution is -2.29. The molecule has 6 heteroatoms. The van der Waals surface area contributed by atoms with Gasteiger partial charge in [0.15, 0.2) is 5.13 Å². The number of benzene rings is 3. The van der Waals surface area contributed by atoms with E-state index in [4.69, 9.17) is 0 Å². The Kier molecular flexibility index (Phi) is 4.28. The summed E-state index contributed by atoms with van der Waals surface area (Å²) in [7, 11) is 1.79. The molecule has 0 bridgehead atoms. The summed E-state index contributed by atoms with van der Waals surface area (Å²) in [4.78, 5) is 18.6. The molecule has 0 saturated heterocycles. The zero-order valence-electron chi connectivity index (χ0n) is 15.8. The lowest BCUT2D eigenvalue weighted by molar-refractivity contribution is -0.114. The number of thiazole rings is 1. The van der Waals surface area contributed by atoms with Crippen molar-refractivity contribution in [2.75, 3.05) is 23.8 Å². The highest BCUT2D eigenvalue weighted by molar-refractivity contribution is 7.22. The Morgan fingerprint density at radius 1 is 1.10 bits per heavy atom. The highest BCUT2D eigenvalue weighted by atomic mass is 32.1. The molecule has 0 saturated carbocycles. The Labute approximate surface area is 171 Å². The van der Waals surface area contributed by atoms with E-state index in [1.807, 2.05) is 24.3 Å². The maximum atomic E-state index is 13.9. The summed E-state index contributed by atoms with van der Waals surface area (Å²) < 4.78 is 14.6. The topological polar surface area (TPSA) is 45.2 Å². The number of carbonyl (C=O) groups is 1. The number of halogens is 1. The van der Waals surface area contributed by atoms with Crippen molar-refractivity contribution >= 4 is 38.3 Å². The Hall–Kier alpha value is -3.25. The molecule has 1 aliphatic rings. The van der Waals surface area contributed by atoms with Crippen molar-refractivity contribution in [1.29, 1.82) is 0 Å². The van der Waals surface area contributed by atoms with E-state index in [-0.39, 0.29) is 18.3 Å². The minimum Gasteiger partial charge on any atom is -0.342 e. The Morgan fingerprint density at radius 3 is 2.79 bits per heavy atom. The molecule has 0 spiro atoms. The van der Waals surface area contributed by atoms with Gasteiger partial charge in [-0.1, -0.05) is 47.7 Å². The summed E-state index contributed by atoms with van der Waals surface area (Å²) in [6.45, 7) is 0.138.